The molecule has 1 saturated heterocycles. The van der Waals surface area contributed by atoms with Crippen molar-refractivity contribution in [1.29, 1.82) is 5.26 Å². The lowest BCUT2D eigenvalue weighted by Gasteiger charge is -2.29. The number of hydrogen-bond acceptors (Lipinski definition) is 5. The van der Waals surface area contributed by atoms with Crippen LogP contribution in [0.5, 0.6) is 0 Å². The molecule has 6 nitrogen and oxygen atoms in total. The van der Waals surface area contributed by atoms with Gasteiger partial charge in [-0.1, -0.05) is 11.6 Å². The van der Waals surface area contributed by atoms with E-state index in [4.69, 9.17) is 23.8 Å². The van der Waals surface area contributed by atoms with Gasteiger partial charge in [0.2, 0.25) is 0 Å². The maximum atomic E-state index is 13.6. The van der Waals surface area contributed by atoms with Crippen molar-refractivity contribution in [1.82, 2.24) is 9.88 Å². The summed E-state index contributed by atoms with van der Waals surface area (Å²) in [7, 11) is 0. The summed E-state index contributed by atoms with van der Waals surface area (Å²) < 4.78 is 15.6. The Morgan fingerprint density at radius 3 is 2.56 bits per heavy atom. The first kappa shape index (κ1) is 23.8. The van der Waals surface area contributed by atoms with Gasteiger partial charge in [0, 0.05) is 16.3 Å². The van der Waals surface area contributed by atoms with Crippen LogP contribution in [0.15, 0.2) is 29.8 Å². The molecule has 172 valence electrons. The van der Waals surface area contributed by atoms with Crippen LogP contribution in [0, 0.1) is 44.8 Å². The minimum absolute atomic E-state index is 0.122. The number of nitrogens with one attached hydrogen (secondary N) is 1. The topological polar surface area (TPSA) is 78.1 Å². The zero-order chi connectivity index (χ0) is 24.9. The van der Waals surface area contributed by atoms with Crippen molar-refractivity contribution in [3.05, 3.63) is 73.6 Å². The lowest BCUT2D eigenvalue weighted by Crippen LogP contribution is -2.54. The van der Waals surface area contributed by atoms with E-state index < -0.39 is 17.6 Å². The molecule has 1 fully saturated rings. The number of amides is 2. The fourth-order valence-corrected chi connectivity index (χ4v) is 5.49. The smallest absolute Gasteiger partial charge is 0.270 e. The van der Waals surface area contributed by atoms with Crippen LogP contribution in [0.1, 0.15) is 33.0 Å². The number of carbonyl (C=O) groups excluding carboxylic acids is 2. The van der Waals surface area contributed by atoms with Crippen LogP contribution in [-0.2, 0) is 9.59 Å². The summed E-state index contributed by atoms with van der Waals surface area (Å²) >= 11 is 12.6. The van der Waals surface area contributed by atoms with E-state index in [1.807, 2.05) is 38.3 Å². The molecule has 3 aromatic rings. The summed E-state index contributed by atoms with van der Waals surface area (Å²) in [6.45, 7) is 7.63. The third kappa shape index (κ3) is 3.84. The van der Waals surface area contributed by atoms with Gasteiger partial charge >= 0.3 is 0 Å². The molecule has 34 heavy (non-hydrogen) atoms. The molecule has 0 unspecified atom stereocenters. The highest BCUT2D eigenvalue weighted by Crippen LogP contribution is 2.34. The highest BCUT2D eigenvalue weighted by Gasteiger charge is 2.35. The van der Waals surface area contributed by atoms with E-state index in [-0.39, 0.29) is 21.4 Å². The van der Waals surface area contributed by atoms with Gasteiger partial charge < -0.3 is 4.57 Å². The van der Waals surface area contributed by atoms with Gasteiger partial charge in [-0.25, -0.2) is 4.39 Å². The Hall–Kier alpha value is -3.32. The van der Waals surface area contributed by atoms with Crippen molar-refractivity contribution in [3.8, 4) is 11.1 Å². The van der Waals surface area contributed by atoms with Gasteiger partial charge in [0.1, 0.15) is 22.5 Å². The number of aromatic nitrogens is 1. The first-order valence-electron chi connectivity index (χ1n) is 10.1. The zero-order valence-electron chi connectivity index (χ0n) is 18.6. The molecule has 0 saturated carbocycles. The third-order valence-corrected chi connectivity index (χ3v) is 7.48. The lowest BCUT2D eigenvalue weighted by molar-refractivity contribution is -0.122. The van der Waals surface area contributed by atoms with E-state index >= 15 is 0 Å². The van der Waals surface area contributed by atoms with Crippen LogP contribution in [0.4, 0.5) is 10.1 Å². The standard InChI is InChI=1S/C24H18ClFN4O2S2/c1-11-7-15(13(3)29(11)23-18(10-27)12(2)14(4)34-23)8-17-21(31)28-24(33)30(22(17)32)16-5-6-20(26)19(25)9-16/h5-9H,1-4H3,(H,28,31,33)/b17-8+. The Balaban J connectivity index is 1.80. The normalized spacial score (nSPS) is 15.1. The van der Waals surface area contributed by atoms with Gasteiger partial charge in [-0.05, 0) is 81.4 Å². The summed E-state index contributed by atoms with van der Waals surface area (Å²) in [5.41, 5.74) is 3.90. The molecular formula is C24H18ClFN4O2S2. The van der Waals surface area contributed by atoms with Crippen molar-refractivity contribution in [2.45, 2.75) is 27.7 Å². The molecule has 1 N–H and O–H groups in total. The minimum atomic E-state index is -0.651. The Bertz CT molecular complexity index is 1480. The minimum Gasteiger partial charge on any atom is -0.308 e. The second-order valence-electron chi connectivity index (χ2n) is 7.79. The predicted octanol–water partition coefficient (Wildman–Crippen LogP) is 5.27. The van der Waals surface area contributed by atoms with Crippen LogP contribution >= 0.6 is 35.2 Å². The number of carbonyl (C=O) groups is 2. The second-order valence-corrected chi connectivity index (χ2v) is 9.79. The number of anilines is 1. The molecule has 1 aliphatic rings. The van der Waals surface area contributed by atoms with E-state index in [0.717, 1.165) is 37.8 Å². The largest absolute Gasteiger partial charge is 0.308 e. The number of nitriles is 1. The average molecular weight is 513 g/mol. The number of rotatable bonds is 3. The van der Waals surface area contributed by atoms with E-state index in [9.17, 15) is 19.2 Å². The molecule has 2 amide bonds. The molecule has 2 aromatic heterocycles. The SMILES string of the molecule is Cc1sc(-n2c(C)cc(/C=C3\C(=O)NC(=S)N(c4ccc(F)c(Cl)c4)C3=O)c2C)c(C#N)c1C. The van der Waals surface area contributed by atoms with Gasteiger partial charge in [0.25, 0.3) is 11.8 Å². The number of aryl methyl sites for hydroxylation is 2. The molecule has 3 heterocycles. The molecule has 1 aliphatic heterocycles. The van der Waals surface area contributed by atoms with E-state index in [0.29, 0.717) is 11.1 Å². The molecule has 0 radical (unpaired) electrons. The van der Waals surface area contributed by atoms with Crippen LogP contribution in [0.25, 0.3) is 11.1 Å². The number of thiophene rings is 1. The molecule has 0 bridgehead atoms. The van der Waals surface area contributed by atoms with Gasteiger partial charge in [-0.15, -0.1) is 11.3 Å². The maximum absolute atomic E-state index is 13.6. The Labute approximate surface area is 209 Å². The molecule has 0 atom stereocenters. The van der Waals surface area contributed by atoms with Gasteiger partial charge in [-0.2, -0.15) is 5.26 Å². The third-order valence-electron chi connectivity index (χ3n) is 5.71. The van der Waals surface area contributed by atoms with Crippen LogP contribution < -0.4 is 10.2 Å². The maximum Gasteiger partial charge on any atom is 0.270 e. The predicted molar refractivity (Wildman–Crippen MR) is 135 cm³/mol. The molecular weight excluding hydrogens is 495 g/mol. The molecule has 0 aliphatic carbocycles. The highest BCUT2D eigenvalue weighted by molar-refractivity contribution is 7.80. The van der Waals surface area contributed by atoms with Gasteiger partial charge in [0.15, 0.2) is 5.11 Å². The summed E-state index contributed by atoms with van der Waals surface area (Å²) in [6.07, 6.45) is 1.50. The Morgan fingerprint density at radius 1 is 1.21 bits per heavy atom. The molecule has 10 heteroatoms. The fraction of sp³-hybridized carbons (Fsp3) is 0.167. The second kappa shape index (κ2) is 8.80. The first-order chi connectivity index (χ1) is 16.0. The summed E-state index contributed by atoms with van der Waals surface area (Å²) in [4.78, 5) is 28.1. The summed E-state index contributed by atoms with van der Waals surface area (Å²) in [5.74, 6) is -1.92. The number of thiocarbonyl (C=S) groups is 1. The van der Waals surface area contributed by atoms with Crippen molar-refractivity contribution in [2.24, 2.45) is 0 Å². The first-order valence-corrected chi connectivity index (χ1v) is 11.7. The summed E-state index contributed by atoms with van der Waals surface area (Å²) in [6, 6.07) is 7.88. The van der Waals surface area contributed by atoms with Crippen molar-refractivity contribution < 1.29 is 14.0 Å². The number of hydrogen-bond donors (Lipinski definition) is 1. The van der Waals surface area contributed by atoms with E-state index in [1.54, 1.807) is 0 Å². The van der Waals surface area contributed by atoms with Crippen LogP contribution in [0.2, 0.25) is 5.02 Å². The highest BCUT2D eigenvalue weighted by atomic mass is 35.5. The quantitative estimate of drug-likeness (QED) is 0.295. The summed E-state index contributed by atoms with van der Waals surface area (Å²) in [5, 5.41) is 12.7. The van der Waals surface area contributed by atoms with Crippen LogP contribution in [-0.4, -0.2) is 21.5 Å². The Kier molecular flexibility index (Phi) is 6.16. The van der Waals surface area contributed by atoms with Gasteiger partial charge in [-0.3, -0.25) is 19.8 Å². The number of nitrogens with zero attached hydrogens (tertiary/aromatic N) is 3. The molecule has 0 spiro atoms. The van der Waals surface area contributed by atoms with Gasteiger partial charge in [0.05, 0.1) is 16.3 Å². The lowest BCUT2D eigenvalue weighted by atomic mass is 10.1. The number of benzene rings is 1. The monoisotopic (exact) mass is 512 g/mol. The van der Waals surface area contributed by atoms with E-state index in [2.05, 4.69) is 11.4 Å². The number of halogens is 2. The fourth-order valence-electron chi connectivity index (χ4n) is 3.82. The van der Waals surface area contributed by atoms with Crippen molar-refractivity contribution >= 4 is 63.8 Å². The van der Waals surface area contributed by atoms with Crippen molar-refractivity contribution in [3.63, 3.8) is 0 Å². The van der Waals surface area contributed by atoms with Crippen molar-refractivity contribution in [2.75, 3.05) is 4.90 Å². The zero-order valence-corrected chi connectivity index (χ0v) is 21.0. The van der Waals surface area contributed by atoms with E-state index in [1.165, 1.54) is 29.5 Å². The molecule has 1 aromatic carbocycles. The Morgan fingerprint density at radius 2 is 1.91 bits per heavy atom. The van der Waals surface area contributed by atoms with Crippen LogP contribution in [0.3, 0.4) is 0 Å². The molecule has 4 rings (SSSR count). The average Bonchev–Trinajstić information content (AvgIpc) is 3.21.